The van der Waals surface area contributed by atoms with E-state index in [2.05, 4.69) is 10.6 Å². The summed E-state index contributed by atoms with van der Waals surface area (Å²) in [6, 6.07) is 7.73. The van der Waals surface area contributed by atoms with Crippen molar-refractivity contribution in [2.45, 2.75) is 33.1 Å². The third kappa shape index (κ3) is 8.09. The van der Waals surface area contributed by atoms with Gasteiger partial charge in [-0.3, -0.25) is 9.59 Å². The molecule has 0 bridgehead atoms. The monoisotopic (exact) mass is 292 g/mol. The summed E-state index contributed by atoms with van der Waals surface area (Å²) < 4.78 is 4.82. The van der Waals surface area contributed by atoms with Gasteiger partial charge in [0.1, 0.15) is 0 Å². The number of amides is 1. The van der Waals surface area contributed by atoms with E-state index in [1.54, 1.807) is 6.92 Å². The highest BCUT2D eigenvalue weighted by Gasteiger charge is 2.03. The largest absolute Gasteiger partial charge is 0.466 e. The van der Waals surface area contributed by atoms with Gasteiger partial charge in [-0.15, -0.1) is 0 Å². The Morgan fingerprint density at radius 1 is 1.19 bits per heavy atom. The molecule has 0 aromatic heterocycles. The number of ether oxygens (including phenoxy) is 1. The molecule has 0 fully saturated rings. The van der Waals surface area contributed by atoms with E-state index in [1.807, 2.05) is 31.2 Å². The number of hydrogen-bond donors (Lipinski definition) is 2. The quantitative estimate of drug-likeness (QED) is 0.541. The lowest BCUT2D eigenvalue weighted by atomic mass is 10.2. The first-order valence-electron chi connectivity index (χ1n) is 7.34. The number of benzene rings is 1. The standard InChI is InChI=1S/C16H24N2O3/c1-3-21-16(20)9-11-17-10-5-8-15(19)18-14-7-4-6-13(2)12-14/h4,6-7,12,17H,3,5,8-11H2,1-2H3,(H,18,19). The van der Waals surface area contributed by atoms with Gasteiger partial charge in [-0.1, -0.05) is 12.1 Å². The lowest BCUT2D eigenvalue weighted by molar-refractivity contribution is -0.143. The second-order valence-corrected chi connectivity index (χ2v) is 4.83. The highest BCUT2D eigenvalue weighted by molar-refractivity contribution is 5.90. The van der Waals surface area contributed by atoms with Crippen LogP contribution in [0.1, 0.15) is 31.7 Å². The van der Waals surface area contributed by atoms with E-state index in [1.165, 1.54) is 0 Å². The van der Waals surface area contributed by atoms with Gasteiger partial charge in [-0.2, -0.15) is 0 Å². The van der Waals surface area contributed by atoms with Crippen LogP contribution in [-0.2, 0) is 14.3 Å². The average molecular weight is 292 g/mol. The molecule has 0 saturated heterocycles. The molecule has 5 nitrogen and oxygen atoms in total. The number of nitrogens with one attached hydrogen (secondary N) is 2. The zero-order valence-corrected chi connectivity index (χ0v) is 12.8. The first kappa shape index (κ1) is 17.2. The summed E-state index contributed by atoms with van der Waals surface area (Å²) in [5, 5.41) is 5.99. The van der Waals surface area contributed by atoms with E-state index in [0.29, 0.717) is 32.5 Å². The number of esters is 1. The Morgan fingerprint density at radius 2 is 2.00 bits per heavy atom. The Morgan fingerprint density at radius 3 is 2.71 bits per heavy atom. The maximum absolute atomic E-state index is 11.7. The molecule has 0 saturated carbocycles. The summed E-state index contributed by atoms with van der Waals surface area (Å²) in [5.74, 6) is -0.185. The third-order valence-electron chi connectivity index (χ3n) is 2.87. The SMILES string of the molecule is CCOC(=O)CCNCCCC(=O)Nc1cccc(C)c1. The summed E-state index contributed by atoms with van der Waals surface area (Å²) in [6.07, 6.45) is 1.56. The number of aryl methyl sites for hydroxylation is 1. The molecule has 0 aliphatic carbocycles. The lowest BCUT2D eigenvalue weighted by Gasteiger charge is -2.07. The number of carbonyl (C=O) groups excluding carboxylic acids is 2. The topological polar surface area (TPSA) is 67.4 Å². The van der Waals surface area contributed by atoms with Crippen molar-refractivity contribution in [3.63, 3.8) is 0 Å². The van der Waals surface area contributed by atoms with Crippen LogP contribution < -0.4 is 10.6 Å². The number of anilines is 1. The van der Waals surface area contributed by atoms with Crippen LogP contribution in [0.25, 0.3) is 0 Å². The fourth-order valence-corrected chi connectivity index (χ4v) is 1.87. The predicted octanol–water partition coefficient (Wildman–Crippen LogP) is 2.26. The van der Waals surface area contributed by atoms with Crippen molar-refractivity contribution in [2.75, 3.05) is 25.0 Å². The molecule has 1 aromatic carbocycles. The Balaban J connectivity index is 2.07. The third-order valence-corrected chi connectivity index (χ3v) is 2.87. The van der Waals surface area contributed by atoms with E-state index >= 15 is 0 Å². The molecule has 116 valence electrons. The second kappa shape index (κ2) is 9.94. The number of rotatable bonds is 9. The molecule has 0 spiro atoms. The minimum atomic E-state index is -0.192. The average Bonchev–Trinajstić information content (AvgIpc) is 2.43. The zero-order valence-electron chi connectivity index (χ0n) is 12.8. The van der Waals surface area contributed by atoms with Gasteiger partial charge in [0.05, 0.1) is 13.0 Å². The van der Waals surface area contributed by atoms with Gasteiger partial charge in [0, 0.05) is 18.7 Å². The van der Waals surface area contributed by atoms with Crippen LogP contribution in [0.5, 0.6) is 0 Å². The van der Waals surface area contributed by atoms with Crippen LogP contribution in [0.3, 0.4) is 0 Å². The van der Waals surface area contributed by atoms with Gasteiger partial charge < -0.3 is 15.4 Å². The van der Waals surface area contributed by atoms with E-state index in [0.717, 1.165) is 17.7 Å². The van der Waals surface area contributed by atoms with Crippen molar-refractivity contribution >= 4 is 17.6 Å². The van der Waals surface area contributed by atoms with Crippen molar-refractivity contribution in [2.24, 2.45) is 0 Å². The summed E-state index contributed by atoms with van der Waals surface area (Å²) in [7, 11) is 0. The summed E-state index contributed by atoms with van der Waals surface area (Å²) in [5.41, 5.74) is 1.95. The van der Waals surface area contributed by atoms with Crippen LogP contribution in [0, 0.1) is 6.92 Å². The molecular weight excluding hydrogens is 268 g/mol. The van der Waals surface area contributed by atoms with E-state index in [-0.39, 0.29) is 11.9 Å². The molecule has 21 heavy (non-hydrogen) atoms. The highest BCUT2D eigenvalue weighted by atomic mass is 16.5. The van der Waals surface area contributed by atoms with Gasteiger partial charge in [0.2, 0.25) is 5.91 Å². The predicted molar refractivity (Wildman–Crippen MR) is 83.2 cm³/mol. The summed E-state index contributed by atoms with van der Waals surface area (Å²) in [6.45, 7) is 5.48. The second-order valence-electron chi connectivity index (χ2n) is 4.83. The Kier molecular flexibility index (Phi) is 8.12. The van der Waals surface area contributed by atoms with Crippen LogP contribution in [0.2, 0.25) is 0 Å². The molecular formula is C16H24N2O3. The van der Waals surface area contributed by atoms with E-state index < -0.39 is 0 Å². The van der Waals surface area contributed by atoms with Crippen molar-refractivity contribution in [3.8, 4) is 0 Å². The number of carbonyl (C=O) groups is 2. The van der Waals surface area contributed by atoms with Crippen molar-refractivity contribution < 1.29 is 14.3 Å². The van der Waals surface area contributed by atoms with Crippen LogP contribution in [-0.4, -0.2) is 31.6 Å². The summed E-state index contributed by atoms with van der Waals surface area (Å²) in [4.78, 5) is 22.8. The molecule has 0 atom stereocenters. The Labute approximate surface area is 126 Å². The van der Waals surface area contributed by atoms with Gasteiger partial charge in [-0.25, -0.2) is 0 Å². The fourth-order valence-electron chi connectivity index (χ4n) is 1.87. The molecule has 0 aliphatic heterocycles. The summed E-state index contributed by atoms with van der Waals surface area (Å²) >= 11 is 0. The smallest absolute Gasteiger partial charge is 0.307 e. The van der Waals surface area contributed by atoms with Crippen molar-refractivity contribution in [1.82, 2.24) is 5.32 Å². The van der Waals surface area contributed by atoms with Crippen LogP contribution in [0.4, 0.5) is 5.69 Å². The van der Waals surface area contributed by atoms with Crippen LogP contribution in [0.15, 0.2) is 24.3 Å². The Bertz CT molecular complexity index is 461. The first-order chi connectivity index (χ1) is 10.1. The number of hydrogen-bond acceptors (Lipinski definition) is 4. The van der Waals surface area contributed by atoms with E-state index in [9.17, 15) is 9.59 Å². The molecule has 0 aliphatic rings. The fraction of sp³-hybridized carbons (Fsp3) is 0.500. The molecule has 1 amide bonds. The highest BCUT2D eigenvalue weighted by Crippen LogP contribution is 2.09. The molecule has 2 N–H and O–H groups in total. The van der Waals surface area contributed by atoms with Crippen LogP contribution >= 0.6 is 0 Å². The normalized spacial score (nSPS) is 10.2. The lowest BCUT2D eigenvalue weighted by Crippen LogP contribution is -2.22. The molecule has 1 aromatic rings. The molecule has 0 radical (unpaired) electrons. The molecule has 0 heterocycles. The van der Waals surface area contributed by atoms with Gasteiger partial charge >= 0.3 is 5.97 Å². The zero-order chi connectivity index (χ0) is 15.5. The maximum Gasteiger partial charge on any atom is 0.307 e. The molecule has 1 rings (SSSR count). The molecule has 0 unspecified atom stereocenters. The van der Waals surface area contributed by atoms with Gasteiger partial charge in [0.25, 0.3) is 0 Å². The maximum atomic E-state index is 11.7. The minimum Gasteiger partial charge on any atom is -0.466 e. The molecule has 5 heteroatoms. The van der Waals surface area contributed by atoms with E-state index in [4.69, 9.17) is 4.74 Å². The Hall–Kier alpha value is -1.88. The first-order valence-corrected chi connectivity index (χ1v) is 7.34. The van der Waals surface area contributed by atoms with Gasteiger partial charge in [0.15, 0.2) is 0 Å². The van der Waals surface area contributed by atoms with Gasteiger partial charge in [-0.05, 0) is 44.5 Å². The van der Waals surface area contributed by atoms with Crippen molar-refractivity contribution in [1.29, 1.82) is 0 Å². The van der Waals surface area contributed by atoms with Crippen molar-refractivity contribution in [3.05, 3.63) is 29.8 Å². The minimum absolute atomic E-state index is 0.00722.